The molecule has 1 aromatic carbocycles. The number of carbonyl (C=O) groups is 1. The molecule has 0 heterocycles. The molecular formula is C17H23NO2. The molecule has 2 aliphatic carbocycles. The second kappa shape index (κ2) is 5.47. The number of hydrogen-bond acceptors (Lipinski definition) is 2. The summed E-state index contributed by atoms with van der Waals surface area (Å²) in [6, 6.07) is 8.20. The second-order valence-electron chi connectivity index (χ2n) is 6.32. The maximum Gasteiger partial charge on any atom is 0.261 e. The van der Waals surface area contributed by atoms with Gasteiger partial charge in [0, 0.05) is 6.04 Å². The SMILES string of the molecule is Cc1ccccc1O[C@H](C)C(=O)N[C@H]1C[C@@H]2CC[C@@H]1C2. The zero-order valence-electron chi connectivity index (χ0n) is 12.3. The van der Waals surface area contributed by atoms with Gasteiger partial charge >= 0.3 is 0 Å². The number of hydrogen-bond donors (Lipinski definition) is 1. The van der Waals surface area contributed by atoms with E-state index in [1.54, 1.807) is 0 Å². The number of carbonyl (C=O) groups excluding carboxylic acids is 1. The number of benzene rings is 1. The van der Waals surface area contributed by atoms with Crippen LogP contribution in [0.4, 0.5) is 0 Å². The Kier molecular flexibility index (Phi) is 3.68. The number of ether oxygens (including phenoxy) is 1. The van der Waals surface area contributed by atoms with Crippen LogP contribution < -0.4 is 10.1 Å². The lowest BCUT2D eigenvalue weighted by Crippen LogP contribution is -2.44. The molecule has 2 bridgehead atoms. The van der Waals surface area contributed by atoms with Crippen LogP contribution >= 0.6 is 0 Å². The molecule has 20 heavy (non-hydrogen) atoms. The zero-order chi connectivity index (χ0) is 14.1. The van der Waals surface area contributed by atoms with Crippen molar-refractivity contribution in [3.63, 3.8) is 0 Å². The van der Waals surface area contributed by atoms with Crippen LogP contribution in [0.2, 0.25) is 0 Å². The molecule has 4 atom stereocenters. The summed E-state index contributed by atoms with van der Waals surface area (Å²) in [7, 11) is 0. The third-order valence-corrected chi connectivity index (χ3v) is 4.83. The summed E-state index contributed by atoms with van der Waals surface area (Å²) < 4.78 is 5.79. The number of para-hydroxylation sites is 1. The quantitative estimate of drug-likeness (QED) is 0.915. The highest BCUT2D eigenvalue weighted by molar-refractivity contribution is 5.81. The summed E-state index contributed by atoms with van der Waals surface area (Å²) in [6.45, 7) is 3.82. The summed E-state index contributed by atoms with van der Waals surface area (Å²) in [4.78, 5) is 12.3. The van der Waals surface area contributed by atoms with Crippen LogP contribution in [-0.4, -0.2) is 18.1 Å². The summed E-state index contributed by atoms with van der Waals surface area (Å²) in [5, 5.41) is 3.19. The first-order chi connectivity index (χ1) is 9.63. The van der Waals surface area contributed by atoms with E-state index >= 15 is 0 Å². The molecular weight excluding hydrogens is 250 g/mol. The zero-order valence-corrected chi connectivity index (χ0v) is 12.3. The van der Waals surface area contributed by atoms with Crippen LogP contribution in [0.5, 0.6) is 5.75 Å². The van der Waals surface area contributed by atoms with Gasteiger partial charge in [-0.25, -0.2) is 0 Å². The average molecular weight is 273 g/mol. The van der Waals surface area contributed by atoms with E-state index in [4.69, 9.17) is 4.74 Å². The van der Waals surface area contributed by atoms with E-state index in [-0.39, 0.29) is 5.91 Å². The molecule has 1 N–H and O–H groups in total. The van der Waals surface area contributed by atoms with Gasteiger partial charge in [-0.3, -0.25) is 4.79 Å². The van der Waals surface area contributed by atoms with E-state index in [0.717, 1.165) is 23.7 Å². The van der Waals surface area contributed by atoms with Gasteiger partial charge in [0.2, 0.25) is 0 Å². The highest BCUT2D eigenvalue weighted by atomic mass is 16.5. The van der Waals surface area contributed by atoms with Crippen molar-refractivity contribution in [2.24, 2.45) is 11.8 Å². The Hall–Kier alpha value is -1.51. The number of rotatable bonds is 4. The topological polar surface area (TPSA) is 38.3 Å². The summed E-state index contributed by atoms with van der Waals surface area (Å²) in [5.74, 6) is 2.36. The first kappa shape index (κ1) is 13.5. The monoisotopic (exact) mass is 273 g/mol. The van der Waals surface area contributed by atoms with Gasteiger partial charge in [-0.15, -0.1) is 0 Å². The molecule has 1 amide bonds. The van der Waals surface area contributed by atoms with Crippen LogP contribution in [0.3, 0.4) is 0 Å². The predicted molar refractivity (Wildman–Crippen MR) is 78.6 cm³/mol. The fraction of sp³-hybridized carbons (Fsp3) is 0.588. The van der Waals surface area contributed by atoms with Gasteiger partial charge in [0.1, 0.15) is 5.75 Å². The molecule has 0 aromatic heterocycles. The molecule has 1 aromatic rings. The number of fused-ring (bicyclic) bond motifs is 2. The third kappa shape index (κ3) is 2.67. The molecule has 2 fully saturated rings. The van der Waals surface area contributed by atoms with Crippen LogP contribution in [-0.2, 0) is 4.79 Å². The highest BCUT2D eigenvalue weighted by Crippen LogP contribution is 2.44. The van der Waals surface area contributed by atoms with Gasteiger partial charge in [-0.05, 0) is 56.6 Å². The standard InChI is InChI=1S/C17H23NO2/c1-11-5-3-4-6-16(11)20-12(2)17(19)18-15-10-13-7-8-14(15)9-13/h3-6,12-15H,7-10H2,1-2H3,(H,18,19)/t12-,13-,14-,15+/m1/s1. The first-order valence-corrected chi connectivity index (χ1v) is 7.66. The predicted octanol–water partition coefficient (Wildman–Crippen LogP) is 3.07. The van der Waals surface area contributed by atoms with Crippen LogP contribution in [0, 0.1) is 18.8 Å². The van der Waals surface area contributed by atoms with E-state index in [9.17, 15) is 4.79 Å². The van der Waals surface area contributed by atoms with Gasteiger partial charge in [0.25, 0.3) is 5.91 Å². The fourth-order valence-electron chi connectivity index (χ4n) is 3.65. The van der Waals surface area contributed by atoms with Crippen molar-refractivity contribution < 1.29 is 9.53 Å². The summed E-state index contributed by atoms with van der Waals surface area (Å²) in [5.41, 5.74) is 1.06. The smallest absolute Gasteiger partial charge is 0.261 e. The highest BCUT2D eigenvalue weighted by Gasteiger charge is 2.40. The van der Waals surface area contributed by atoms with Crippen molar-refractivity contribution in [3.8, 4) is 5.75 Å². The first-order valence-electron chi connectivity index (χ1n) is 7.66. The number of amides is 1. The molecule has 3 nitrogen and oxygen atoms in total. The van der Waals surface area contributed by atoms with E-state index < -0.39 is 6.10 Å². The van der Waals surface area contributed by atoms with Gasteiger partial charge < -0.3 is 10.1 Å². The minimum Gasteiger partial charge on any atom is -0.481 e. The molecule has 3 rings (SSSR count). The lowest BCUT2D eigenvalue weighted by Gasteiger charge is -2.25. The Labute approximate surface area is 120 Å². The molecule has 0 spiro atoms. The molecule has 0 aliphatic heterocycles. The van der Waals surface area contributed by atoms with E-state index in [0.29, 0.717) is 12.0 Å². The molecule has 0 saturated heterocycles. The summed E-state index contributed by atoms with van der Waals surface area (Å²) >= 11 is 0. The average Bonchev–Trinajstić information content (AvgIpc) is 3.03. The number of aryl methyl sites for hydroxylation is 1. The van der Waals surface area contributed by atoms with Crippen molar-refractivity contribution in [2.75, 3.05) is 0 Å². The Balaban J connectivity index is 1.56. The molecule has 3 heteroatoms. The van der Waals surface area contributed by atoms with E-state index in [1.807, 2.05) is 38.1 Å². The van der Waals surface area contributed by atoms with E-state index in [1.165, 1.54) is 19.3 Å². The van der Waals surface area contributed by atoms with Crippen molar-refractivity contribution in [2.45, 2.75) is 51.7 Å². The van der Waals surface area contributed by atoms with Gasteiger partial charge in [0.05, 0.1) is 0 Å². The molecule has 108 valence electrons. The Morgan fingerprint density at radius 1 is 1.30 bits per heavy atom. The second-order valence-corrected chi connectivity index (χ2v) is 6.32. The Bertz CT molecular complexity index is 500. The van der Waals surface area contributed by atoms with Gasteiger partial charge in [0.15, 0.2) is 6.10 Å². The van der Waals surface area contributed by atoms with Crippen LogP contribution in [0.25, 0.3) is 0 Å². The van der Waals surface area contributed by atoms with Gasteiger partial charge in [-0.1, -0.05) is 24.6 Å². The van der Waals surface area contributed by atoms with Crippen molar-refractivity contribution in [1.82, 2.24) is 5.32 Å². The fourth-order valence-corrected chi connectivity index (χ4v) is 3.65. The van der Waals surface area contributed by atoms with Crippen LogP contribution in [0.1, 0.15) is 38.2 Å². The molecule has 0 radical (unpaired) electrons. The third-order valence-electron chi connectivity index (χ3n) is 4.83. The lowest BCUT2D eigenvalue weighted by atomic mass is 9.95. The van der Waals surface area contributed by atoms with Gasteiger partial charge in [-0.2, -0.15) is 0 Å². The number of nitrogens with one attached hydrogen (secondary N) is 1. The normalized spacial score (nSPS) is 29.2. The molecule has 2 aliphatic rings. The maximum atomic E-state index is 12.3. The minimum atomic E-state index is -0.435. The van der Waals surface area contributed by atoms with Crippen molar-refractivity contribution in [1.29, 1.82) is 0 Å². The largest absolute Gasteiger partial charge is 0.481 e. The summed E-state index contributed by atoms with van der Waals surface area (Å²) in [6.07, 6.45) is 4.66. The lowest BCUT2D eigenvalue weighted by molar-refractivity contribution is -0.128. The minimum absolute atomic E-state index is 0.0193. The molecule has 2 saturated carbocycles. The Morgan fingerprint density at radius 2 is 2.10 bits per heavy atom. The van der Waals surface area contributed by atoms with E-state index in [2.05, 4.69) is 5.32 Å². The van der Waals surface area contributed by atoms with Crippen molar-refractivity contribution >= 4 is 5.91 Å². The van der Waals surface area contributed by atoms with Crippen LogP contribution in [0.15, 0.2) is 24.3 Å². The maximum absolute atomic E-state index is 12.3. The Morgan fingerprint density at radius 3 is 2.75 bits per heavy atom. The van der Waals surface area contributed by atoms with Crippen molar-refractivity contribution in [3.05, 3.63) is 29.8 Å². The molecule has 0 unspecified atom stereocenters.